The van der Waals surface area contributed by atoms with E-state index in [1.807, 2.05) is 28.8 Å². The summed E-state index contributed by atoms with van der Waals surface area (Å²) in [5.41, 5.74) is 1.31. The van der Waals surface area contributed by atoms with Gasteiger partial charge in [-0.25, -0.2) is 9.97 Å². The molecule has 27 heavy (non-hydrogen) atoms. The molecule has 2 atom stereocenters. The number of anilines is 2. The summed E-state index contributed by atoms with van der Waals surface area (Å²) in [6.45, 7) is 1.23. The van der Waals surface area contributed by atoms with Gasteiger partial charge in [0.25, 0.3) is 5.91 Å². The molecular formula is C18H21N7O2. The second-order valence-electron chi connectivity index (χ2n) is 6.36. The number of rotatable bonds is 5. The van der Waals surface area contributed by atoms with Crippen molar-refractivity contribution in [2.45, 2.75) is 12.1 Å². The van der Waals surface area contributed by atoms with Gasteiger partial charge >= 0.3 is 0 Å². The Bertz CT molecular complexity index is 958. The summed E-state index contributed by atoms with van der Waals surface area (Å²) in [6.07, 6.45) is 5.09. The minimum absolute atomic E-state index is 0.140. The molecule has 4 rings (SSSR count). The minimum atomic E-state index is -0.216. The van der Waals surface area contributed by atoms with Crippen LogP contribution in [0.3, 0.4) is 0 Å². The van der Waals surface area contributed by atoms with Crippen LogP contribution in [0.4, 0.5) is 11.8 Å². The molecule has 4 heterocycles. The van der Waals surface area contributed by atoms with Crippen molar-refractivity contribution in [2.24, 2.45) is 0 Å². The predicted molar refractivity (Wildman–Crippen MR) is 101 cm³/mol. The van der Waals surface area contributed by atoms with E-state index in [-0.39, 0.29) is 18.1 Å². The van der Waals surface area contributed by atoms with Crippen molar-refractivity contribution in [3.63, 3.8) is 0 Å². The van der Waals surface area contributed by atoms with E-state index in [4.69, 9.17) is 4.74 Å². The van der Waals surface area contributed by atoms with Crippen LogP contribution in [-0.2, 0) is 4.74 Å². The number of carbonyl (C=O) groups is 1. The molecule has 2 N–H and O–H groups in total. The number of hydrogen-bond donors (Lipinski definition) is 2. The van der Waals surface area contributed by atoms with Crippen molar-refractivity contribution in [1.82, 2.24) is 24.7 Å². The van der Waals surface area contributed by atoms with Gasteiger partial charge in [-0.15, -0.1) is 0 Å². The quantitative estimate of drug-likeness (QED) is 0.688. The molecule has 0 spiro atoms. The molecule has 9 heteroatoms. The highest BCUT2D eigenvalue weighted by Crippen LogP contribution is 2.21. The van der Waals surface area contributed by atoms with Crippen molar-refractivity contribution in [2.75, 3.05) is 37.5 Å². The van der Waals surface area contributed by atoms with Crippen molar-refractivity contribution < 1.29 is 9.53 Å². The number of amides is 1. The number of carbonyl (C=O) groups excluding carboxylic acids is 1. The normalized spacial score (nSPS) is 19.4. The Balaban J connectivity index is 1.49. The van der Waals surface area contributed by atoms with E-state index >= 15 is 0 Å². The molecule has 3 aromatic rings. The molecule has 9 nitrogen and oxygen atoms in total. The highest BCUT2D eigenvalue weighted by Gasteiger charge is 2.35. The van der Waals surface area contributed by atoms with Gasteiger partial charge in [0.15, 0.2) is 0 Å². The summed E-state index contributed by atoms with van der Waals surface area (Å²) < 4.78 is 7.45. The molecule has 0 aromatic carbocycles. The van der Waals surface area contributed by atoms with Crippen molar-refractivity contribution in [3.8, 4) is 0 Å². The lowest BCUT2D eigenvalue weighted by molar-refractivity contribution is 0.0778. The van der Waals surface area contributed by atoms with Crippen molar-refractivity contribution >= 4 is 23.2 Å². The molecule has 3 aromatic heterocycles. The summed E-state index contributed by atoms with van der Waals surface area (Å²) in [7, 11) is 3.43. The SMILES string of the molecule is CNc1nccc(N2C[C@H](OC)[C@H](NC(=O)c3cc4cccn4cn3)C2)n1. The summed E-state index contributed by atoms with van der Waals surface area (Å²) in [6, 6.07) is 7.30. The van der Waals surface area contributed by atoms with E-state index in [9.17, 15) is 4.79 Å². The maximum Gasteiger partial charge on any atom is 0.270 e. The third-order valence-electron chi connectivity index (χ3n) is 4.72. The van der Waals surface area contributed by atoms with Crippen molar-refractivity contribution in [3.05, 3.63) is 48.7 Å². The Morgan fingerprint density at radius 3 is 3.00 bits per heavy atom. The van der Waals surface area contributed by atoms with Crippen LogP contribution in [0, 0.1) is 0 Å². The Hall–Kier alpha value is -3.20. The second kappa shape index (κ2) is 7.20. The first kappa shape index (κ1) is 17.2. The van der Waals surface area contributed by atoms with Crippen LogP contribution >= 0.6 is 0 Å². The van der Waals surface area contributed by atoms with Gasteiger partial charge in [-0.2, -0.15) is 4.98 Å². The van der Waals surface area contributed by atoms with Gasteiger partial charge in [0.1, 0.15) is 11.5 Å². The summed E-state index contributed by atoms with van der Waals surface area (Å²) in [5, 5.41) is 5.98. The number of hydrogen-bond acceptors (Lipinski definition) is 7. The van der Waals surface area contributed by atoms with Gasteiger partial charge in [0.2, 0.25) is 5.95 Å². The minimum Gasteiger partial charge on any atom is -0.377 e. The lowest BCUT2D eigenvalue weighted by Gasteiger charge is -2.18. The average Bonchev–Trinajstić information content (AvgIpc) is 3.34. The van der Waals surface area contributed by atoms with Crippen molar-refractivity contribution in [1.29, 1.82) is 0 Å². The van der Waals surface area contributed by atoms with E-state index in [1.54, 1.807) is 32.7 Å². The lowest BCUT2D eigenvalue weighted by Crippen LogP contribution is -2.43. The smallest absolute Gasteiger partial charge is 0.270 e. The van der Waals surface area contributed by atoms with Gasteiger partial charge < -0.3 is 24.7 Å². The summed E-state index contributed by atoms with van der Waals surface area (Å²) in [4.78, 5) is 27.6. The van der Waals surface area contributed by atoms with Gasteiger partial charge in [-0.3, -0.25) is 4.79 Å². The van der Waals surface area contributed by atoms with E-state index in [0.717, 1.165) is 11.3 Å². The average molecular weight is 367 g/mol. The van der Waals surface area contributed by atoms with E-state index in [2.05, 4.69) is 30.5 Å². The van der Waals surface area contributed by atoms with Crippen LogP contribution in [0.15, 0.2) is 43.0 Å². The molecular weight excluding hydrogens is 346 g/mol. The largest absolute Gasteiger partial charge is 0.377 e. The second-order valence-corrected chi connectivity index (χ2v) is 6.36. The van der Waals surface area contributed by atoms with E-state index in [1.165, 1.54) is 0 Å². The summed E-state index contributed by atoms with van der Waals surface area (Å²) >= 11 is 0. The van der Waals surface area contributed by atoms with E-state index < -0.39 is 0 Å². The molecule has 0 saturated carbocycles. The van der Waals surface area contributed by atoms with Crippen LogP contribution in [0.25, 0.3) is 5.52 Å². The van der Waals surface area contributed by atoms with Crippen LogP contribution in [0.1, 0.15) is 10.5 Å². The molecule has 1 saturated heterocycles. The fourth-order valence-corrected chi connectivity index (χ4v) is 3.29. The molecule has 0 radical (unpaired) electrons. The molecule has 1 aliphatic rings. The zero-order valence-corrected chi connectivity index (χ0v) is 15.2. The molecule has 0 bridgehead atoms. The standard InChI is InChI=1S/C18H21N7O2/c1-19-18-20-6-5-16(23-18)25-9-14(15(10-25)27-2)22-17(26)13-8-12-4-3-7-24(12)11-21-13/h3-8,11,14-15H,9-10H2,1-2H3,(H,22,26)(H,19,20,23)/t14-,15+/m1/s1. The Morgan fingerprint density at radius 2 is 2.19 bits per heavy atom. The number of methoxy groups -OCH3 is 1. The zero-order chi connectivity index (χ0) is 18.8. The summed E-state index contributed by atoms with van der Waals surface area (Å²) in [5.74, 6) is 1.13. The first-order valence-corrected chi connectivity index (χ1v) is 8.70. The Labute approximate surface area is 156 Å². The third-order valence-corrected chi connectivity index (χ3v) is 4.72. The fraction of sp³-hybridized carbons (Fsp3) is 0.333. The van der Waals surface area contributed by atoms with Crippen LogP contribution in [-0.4, -0.2) is 64.7 Å². The van der Waals surface area contributed by atoms with Gasteiger partial charge in [0, 0.05) is 45.2 Å². The van der Waals surface area contributed by atoms with Crippen LogP contribution < -0.4 is 15.5 Å². The third kappa shape index (κ3) is 3.41. The van der Waals surface area contributed by atoms with Gasteiger partial charge in [-0.1, -0.05) is 0 Å². The number of aromatic nitrogens is 4. The molecule has 140 valence electrons. The zero-order valence-electron chi connectivity index (χ0n) is 15.2. The predicted octanol–water partition coefficient (Wildman–Crippen LogP) is 0.800. The van der Waals surface area contributed by atoms with E-state index in [0.29, 0.717) is 24.7 Å². The number of fused-ring (bicyclic) bond motifs is 1. The van der Waals surface area contributed by atoms with Gasteiger partial charge in [0.05, 0.1) is 18.5 Å². The maximum absolute atomic E-state index is 12.7. The number of nitrogens with zero attached hydrogens (tertiary/aromatic N) is 5. The first-order valence-electron chi connectivity index (χ1n) is 8.70. The topological polar surface area (TPSA) is 96.7 Å². The monoisotopic (exact) mass is 367 g/mol. The van der Waals surface area contributed by atoms with Crippen LogP contribution in [0.2, 0.25) is 0 Å². The Morgan fingerprint density at radius 1 is 1.30 bits per heavy atom. The molecule has 0 aliphatic carbocycles. The molecule has 0 unspecified atom stereocenters. The van der Waals surface area contributed by atoms with Gasteiger partial charge in [-0.05, 0) is 24.3 Å². The number of nitrogens with one attached hydrogen (secondary N) is 2. The molecule has 1 fully saturated rings. The first-order chi connectivity index (χ1) is 13.2. The fourth-order valence-electron chi connectivity index (χ4n) is 3.29. The highest BCUT2D eigenvalue weighted by atomic mass is 16.5. The Kier molecular flexibility index (Phi) is 4.59. The maximum atomic E-state index is 12.7. The highest BCUT2D eigenvalue weighted by molar-refractivity contribution is 5.93. The molecule has 1 aliphatic heterocycles. The molecule has 1 amide bonds. The number of ether oxygens (including phenoxy) is 1. The lowest BCUT2D eigenvalue weighted by atomic mass is 10.2. The van der Waals surface area contributed by atoms with Crippen LogP contribution in [0.5, 0.6) is 0 Å².